The Morgan fingerprint density at radius 3 is 3.00 bits per heavy atom. The topological polar surface area (TPSA) is 53.6 Å². The largest absolute Gasteiger partial charge is 0.382 e. The summed E-state index contributed by atoms with van der Waals surface area (Å²) >= 11 is 0. The maximum atomic E-state index is 12.7. The summed E-state index contributed by atoms with van der Waals surface area (Å²) in [5.74, 6) is 0.0530. The van der Waals surface area contributed by atoms with Crippen LogP contribution < -0.4 is 10.6 Å². The average molecular weight is 289 g/mol. The highest BCUT2D eigenvalue weighted by molar-refractivity contribution is 6.02. The molecule has 1 fully saturated rings. The van der Waals surface area contributed by atoms with Gasteiger partial charge in [0, 0.05) is 33.3 Å². The number of nitrogens with zero attached hydrogens (tertiary/aromatic N) is 1. The third kappa shape index (κ3) is 3.13. The Hall–Kier alpha value is -1.75. The molecule has 1 unspecified atom stereocenters. The van der Waals surface area contributed by atoms with Gasteiger partial charge in [-0.15, -0.1) is 0 Å². The molecule has 0 spiro atoms. The molecule has 5 heteroatoms. The normalized spacial score (nSPS) is 20.9. The zero-order chi connectivity index (χ0) is 14.7. The van der Waals surface area contributed by atoms with Crippen LogP contribution in [0.4, 0.5) is 11.4 Å². The SMILES string of the molecule is CN(CC1CCCCO1)C(=O)c1cccc2c1NCCN2. The monoisotopic (exact) mass is 289 g/mol. The van der Waals surface area contributed by atoms with Crippen LogP contribution in [0.1, 0.15) is 29.6 Å². The fourth-order valence-corrected chi connectivity index (χ4v) is 3.00. The van der Waals surface area contributed by atoms with Gasteiger partial charge in [-0.25, -0.2) is 0 Å². The molecule has 0 radical (unpaired) electrons. The minimum absolute atomic E-state index is 0.0530. The van der Waals surface area contributed by atoms with E-state index in [-0.39, 0.29) is 12.0 Å². The fourth-order valence-electron chi connectivity index (χ4n) is 3.00. The lowest BCUT2D eigenvalue weighted by atomic mass is 10.1. The molecule has 1 aromatic carbocycles. The molecule has 2 aliphatic rings. The number of benzene rings is 1. The first kappa shape index (κ1) is 14.2. The number of para-hydroxylation sites is 1. The maximum absolute atomic E-state index is 12.7. The van der Waals surface area contributed by atoms with Gasteiger partial charge < -0.3 is 20.3 Å². The highest BCUT2D eigenvalue weighted by Crippen LogP contribution is 2.29. The van der Waals surface area contributed by atoms with Gasteiger partial charge in [0.05, 0.1) is 23.0 Å². The third-order valence-electron chi connectivity index (χ3n) is 4.14. The molecule has 0 saturated carbocycles. The Bertz CT molecular complexity index is 512. The summed E-state index contributed by atoms with van der Waals surface area (Å²) in [6, 6.07) is 5.82. The van der Waals surface area contributed by atoms with Crippen molar-refractivity contribution < 1.29 is 9.53 Å². The van der Waals surface area contributed by atoms with Gasteiger partial charge in [-0.1, -0.05) is 6.07 Å². The number of anilines is 2. The van der Waals surface area contributed by atoms with Crippen LogP contribution in [0, 0.1) is 0 Å². The van der Waals surface area contributed by atoms with Crippen molar-refractivity contribution in [3.63, 3.8) is 0 Å². The summed E-state index contributed by atoms with van der Waals surface area (Å²) in [6.45, 7) is 3.21. The van der Waals surface area contributed by atoms with Crippen LogP contribution in [0.15, 0.2) is 18.2 Å². The van der Waals surface area contributed by atoms with Crippen molar-refractivity contribution in [1.29, 1.82) is 0 Å². The number of hydrogen-bond acceptors (Lipinski definition) is 4. The van der Waals surface area contributed by atoms with Gasteiger partial charge in [0.1, 0.15) is 0 Å². The molecule has 1 amide bonds. The Labute approximate surface area is 125 Å². The number of amides is 1. The molecule has 21 heavy (non-hydrogen) atoms. The van der Waals surface area contributed by atoms with Crippen molar-refractivity contribution in [2.45, 2.75) is 25.4 Å². The molecule has 0 aliphatic carbocycles. The molecular formula is C16H23N3O2. The lowest BCUT2D eigenvalue weighted by Crippen LogP contribution is -2.37. The van der Waals surface area contributed by atoms with Crippen LogP contribution in [0.25, 0.3) is 0 Å². The molecule has 3 rings (SSSR count). The maximum Gasteiger partial charge on any atom is 0.255 e. The van der Waals surface area contributed by atoms with Crippen molar-refractivity contribution in [2.24, 2.45) is 0 Å². The van der Waals surface area contributed by atoms with Crippen LogP contribution in [-0.2, 0) is 4.74 Å². The van der Waals surface area contributed by atoms with Crippen molar-refractivity contribution in [3.8, 4) is 0 Å². The molecular weight excluding hydrogens is 266 g/mol. The standard InChI is InChI=1S/C16H23N3O2/c1-19(11-12-5-2-3-10-21-12)16(20)13-6-4-7-14-15(13)18-9-8-17-14/h4,6-7,12,17-18H,2-3,5,8-11H2,1H3. The van der Waals surface area contributed by atoms with E-state index in [0.717, 1.165) is 49.5 Å². The zero-order valence-corrected chi connectivity index (χ0v) is 12.5. The third-order valence-corrected chi connectivity index (χ3v) is 4.14. The van der Waals surface area contributed by atoms with Crippen LogP contribution >= 0.6 is 0 Å². The predicted octanol–water partition coefficient (Wildman–Crippen LogP) is 2.17. The molecule has 1 atom stereocenters. The van der Waals surface area contributed by atoms with Gasteiger partial charge in [0.25, 0.3) is 5.91 Å². The van der Waals surface area contributed by atoms with Gasteiger partial charge in [0.15, 0.2) is 0 Å². The van der Waals surface area contributed by atoms with Crippen LogP contribution in [-0.4, -0.2) is 50.2 Å². The Morgan fingerprint density at radius 2 is 2.19 bits per heavy atom. The second-order valence-electron chi connectivity index (χ2n) is 5.76. The van der Waals surface area contributed by atoms with E-state index >= 15 is 0 Å². The predicted molar refractivity (Wildman–Crippen MR) is 84.0 cm³/mol. The molecule has 0 aromatic heterocycles. The van der Waals surface area contributed by atoms with Gasteiger partial charge in [0.2, 0.25) is 0 Å². The first-order valence-corrected chi connectivity index (χ1v) is 7.73. The molecule has 2 N–H and O–H groups in total. The second-order valence-corrected chi connectivity index (χ2v) is 5.76. The Kier molecular flexibility index (Phi) is 4.29. The lowest BCUT2D eigenvalue weighted by Gasteiger charge is -2.29. The fraction of sp³-hybridized carbons (Fsp3) is 0.562. The van der Waals surface area contributed by atoms with E-state index in [1.54, 1.807) is 4.90 Å². The first-order valence-electron chi connectivity index (χ1n) is 7.73. The van der Waals surface area contributed by atoms with Gasteiger partial charge in [-0.3, -0.25) is 4.79 Å². The zero-order valence-electron chi connectivity index (χ0n) is 12.5. The minimum atomic E-state index is 0.0530. The van der Waals surface area contributed by atoms with Crippen LogP contribution in [0.3, 0.4) is 0 Å². The number of ether oxygens (including phenoxy) is 1. The van der Waals surface area contributed by atoms with E-state index in [4.69, 9.17) is 4.74 Å². The highest BCUT2D eigenvalue weighted by atomic mass is 16.5. The summed E-state index contributed by atoms with van der Waals surface area (Å²) in [4.78, 5) is 14.5. The van der Waals surface area contributed by atoms with Crippen molar-refractivity contribution in [3.05, 3.63) is 23.8 Å². The van der Waals surface area contributed by atoms with Crippen LogP contribution in [0.2, 0.25) is 0 Å². The number of hydrogen-bond donors (Lipinski definition) is 2. The second kappa shape index (κ2) is 6.35. The summed E-state index contributed by atoms with van der Waals surface area (Å²) in [5, 5.41) is 6.65. The molecule has 1 saturated heterocycles. The number of rotatable bonds is 3. The molecule has 2 aliphatic heterocycles. The van der Waals surface area contributed by atoms with Crippen molar-refractivity contribution in [1.82, 2.24) is 4.90 Å². The summed E-state index contributed by atoms with van der Waals surface area (Å²) in [5.41, 5.74) is 2.66. The summed E-state index contributed by atoms with van der Waals surface area (Å²) in [7, 11) is 1.86. The average Bonchev–Trinajstić information content (AvgIpc) is 2.54. The van der Waals surface area contributed by atoms with Crippen molar-refractivity contribution in [2.75, 3.05) is 43.9 Å². The lowest BCUT2D eigenvalue weighted by molar-refractivity contribution is -0.000170. The number of carbonyl (C=O) groups excluding carboxylic acids is 1. The molecule has 114 valence electrons. The van der Waals surface area contributed by atoms with Crippen molar-refractivity contribution >= 4 is 17.3 Å². The molecule has 0 bridgehead atoms. The first-order chi connectivity index (χ1) is 10.3. The number of carbonyl (C=O) groups is 1. The van der Waals surface area contributed by atoms with Gasteiger partial charge in [-0.2, -0.15) is 0 Å². The van der Waals surface area contributed by atoms with E-state index < -0.39 is 0 Å². The number of fused-ring (bicyclic) bond motifs is 1. The van der Waals surface area contributed by atoms with Gasteiger partial charge >= 0.3 is 0 Å². The minimum Gasteiger partial charge on any atom is -0.382 e. The van der Waals surface area contributed by atoms with Crippen LogP contribution in [0.5, 0.6) is 0 Å². The highest BCUT2D eigenvalue weighted by Gasteiger charge is 2.23. The number of nitrogens with one attached hydrogen (secondary N) is 2. The smallest absolute Gasteiger partial charge is 0.255 e. The Morgan fingerprint density at radius 1 is 1.33 bits per heavy atom. The Balaban J connectivity index is 1.72. The van der Waals surface area contributed by atoms with E-state index in [9.17, 15) is 4.79 Å². The van der Waals surface area contributed by atoms with E-state index in [1.807, 2.05) is 25.2 Å². The molecule has 1 aromatic rings. The summed E-state index contributed by atoms with van der Waals surface area (Å²) in [6.07, 6.45) is 3.55. The van der Waals surface area contributed by atoms with Gasteiger partial charge in [-0.05, 0) is 31.4 Å². The van der Waals surface area contributed by atoms with E-state index in [0.29, 0.717) is 6.54 Å². The van der Waals surface area contributed by atoms with E-state index in [1.165, 1.54) is 6.42 Å². The summed E-state index contributed by atoms with van der Waals surface area (Å²) < 4.78 is 5.73. The molecule has 2 heterocycles. The quantitative estimate of drug-likeness (QED) is 0.895. The number of likely N-dealkylation sites (N-methyl/N-ethyl adjacent to an activating group) is 1. The molecule has 5 nitrogen and oxygen atoms in total. The van der Waals surface area contributed by atoms with E-state index in [2.05, 4.69) is 10.6 Å².